The van der Waals surface area contributed by atoms with Crippen LogP contribution in [-0.4, -0.2) is 23.3 Å². The third-order valence-corrected chi connectivity index (χ3v) is 5.54. The lowest BCUT2D eigenvalue weighted by atomic mass is 10.0. The first-order valence-corrected chi connectivity index (χ1v) is 10.2. The van der Waals surface area contributed by atoms with Gasteiger partial charge in [0.2, 0.25) is 5.91 Å². The maximum atomic E-state index is 13.3. The van der Waals surface area contributed by atoms with Crippen LogP contribution < -0.4 is 10.1 Å². The second-order valence-electron chi connectivity index (χ2n) is 7.53. The highest BCUT2D eigenvalue weighted by molar-refractivity contribution is 6.04. The largest absolute Gasteiger partial charge is 0.435 e. The Morgan fingerprint density at radius 1 is 1.03 bits per heavy atom. The Balaban J connectivity index is 1.58. The van der Waals surface area contributed by atoms with E-state index in [4.69, 9.17) is 0 Å². The van der Waals surface area contributed by atoms with E-state index in [0.717, 1.165) is 5.56 Å². The third kappa shape index (κ3) is 4.32. The van der Waals surface area contributed by atoms with Crippen LogP contribution in [0.25, 0.3) is 0 Å². The number of fused-ring (bicyclic) bond motifs is 1. The first-order valence-electron chi connectivity index (χ1n) is 10.2. The predicted molar refractivity (Wildman–Crippen MR) is 115 cm³/mol. The molecule has 0 aliphatic carbocycles. The van der Waals surface area contributed by atoms with E-state index < -0.39 is 12.7 Å². The van der Waals surface area contributed by atoms with Gasteiger partial charge in [-0.2, -0.15) is 8.78 Å². The highest BCUT2D eigenvalue weighted by Crippen LogP contribution is 2.39. The van der Waals surface area contributed by atoms with Crippen LogP contribution in [-0.2, 0) is 11.3 Å². The molecule has 3 aromatic rings. The number of hydrogen-bond donors (Lipinski definition) is 1. The number of benzene rings is 3. The monoisotopic (exact) mass is 436 g/mol. The van der Waals surface area contributed by atoms with Gasteiger partial charge < -0.3 is 15.0 Å². The number of halogens is 2. The van der Waals surface area contributed by atoms with Gasteiger partial charge in [0.25, 0.3) is 5.91 Å². The van der Waals surface area contributed by atoms with Crippen LogP contribution in [0, 0.1) is 0 Å². The second-order valence-corrected chi connectivity index (χ2v) is 7.53. The van der Waals surface area contributed by atoms with Crippen LogP contribution in [0.4, 0.5) is 8.78 Å². The lowest BCUT2D eigenvalue weighted by Gasteiger charge is -2.31. The summed E-state index contributed by atoms with van der Waals surface area (Å²) in [6, 6.07) is 21.6. The molecule has 5 nitrogen and oxygen atoms in total. The van der Waals surface area contributed by atoms with Crippen LogP contribution in [0.1, 0.15) is 46.1 Å². The van der Waals surface area contributed by atoms with Gasteiger partial charge in [0, 0.05) is 12.1 Å². The molecule has 2 unspecified atom stereocenters. The van der Waals surface area contributed by atoms with Gasteiger partial charge in [0.15, 0.2) is 0 Å². The van der Waals surface area contributed by atoms with Gasteiger partial charge in [0.05, 0.1) is 6.04 Å². The van der Waals surface area contributed by atoms with Gasteiger partial charge in [0.1, 0.15) is 11.8 Å². The van der Waals surface area contributed by atoms with Crippen molar-refractivity contribution in [2.24, 2.45) is 0 Å². The summed E-state index contributed by atoms with van der Waals surface area (Å²) in [5, 5.41) is 2.84. The topological polar surface area (TPSA) is 58.6 Å². The number of nitrogens with one attached hydrogen (secondary N) is 1. The molecule has 1 aliphatic rings. The standard InChI is InChI=1S/C25H22F2N2O3/c1-16(18-9-3-2-4-10-18)29-22(20-12-5-6-13-21(20)24(29)31)23(30)28-15-17-8-7-11-19(14-17)32-25(26)27/h2-14,16,22,25H,15H2,1H3,(H,28,30). The quantitative estimate of drug-likeness (QED) is 0.575. The smallest absolute Gasteiger partial charge is 0.387 e. The summed E-state index contributed by atoms with van der Waals surface area (Å²) in [6.45, 7) is -0.918. The second kappa shape index (κ2) is 9.18. The van der Waals surface area contributed by atoms with Crippen molar-refractivity contribution in [1.29, 1.82) is 0 Å². The van der Waals surface area contributed by atoms with E-state index in [-0.39, 0.29) is 30.2 Å². The number of rotatable bonds is 7. The van der Waals surface area contributed by atoms with Crippen molar-refractivity contribution in [3.63, 3.8) is 0 Å². The van der Waals surface area contributed by atoms with Gasteiger partial charge >= 0.3 is 6.61 Å². The maximum Gasteiger partial charge on any atom is 0.387 e. The molecule has 3 aromatic carbocycles. The molecule has 2 amide bonds. The molecule has 0 fully saturated rings. The summed E-state index contributed by atoms with van der Waals surface area (Å²) in [4.78, 5) is 28.1. The Bertz CT molecular complexity index is 1120. The van der Waals surface area contributed by atoms with E-state index in [9.17, 15) is 18.4 Å². The molecule has 0 aromatic heterocycles. The van der Waals surface area contributed by atoms with Gasteiger partial charge in [-0.05, 0) is 41.8 Å². The van der Waals surface area contributed by atoms with Crippen molar-refractivity contribution in [1.82, 2.24) is 10.2 Å². The fraction of sp³-hybridized carbons (Fsp3) is 0.200. The SMILES string of the molecule is CC(c1ccccc1)N1C(=O)c2ccccc2C1C(=O)NCc1cccc(OC(F)F)c1. The number of alkyl halides is 2. The zero-order valence-corrected chi connectivity index (χ0v) is 17.4. The molecule has 0 saturated carbocycles. The van der Waals surface area contributed by atoms with E-state index >= 15 is 0 Å². The molecule has 7 heteroatoms. The first-order chi connectivity index (χ1) is 15.5. The minimum absolute atomic E-state index is 0.0208. The summed E-state index contributed by atoms with van der Waals surface area (Å²) in [7, 11) is 0. The molecule has 1 aliphatic heterocycles. The van der Waals surface area contributed by atoms with Crippen molar-refractivity contribution in [2.75, 3.05) is 0 Å². The molecule has 2 atom stereocenters. The average molecular weight is 436 g/mol. The predicted octanol–water partition coefficient (Wildman–Crippen LogP) is 4.86. The molecule has 1 N–H and O–H groups in total. The van der Waals surface area contributed by atoms with Crippen molar-refractivity contribution < 1.29 is 23.1 Å². The molecule has 164 valence electrons. The van der Waals surface area contributed by atoms with Crippen LogP contribution in [0.2, 0.25) is 0 Å². The third-order valence-electron chi connectivity index (χ3n) is 5.54. The van der Waals surface area contributed by atoms with E-state index in [1.807, 2.05) is 37.3 Å². The van der Waals surface area contributed by atoms with Crippen LogP contribution in [0.15, 0.2) is 78.9 Å². The first kappa shape index (κ1) is 21.5. The summed E-state index contributed by atoms with van der Waals surface area (Å²) in [5.74, 6) is -0.525. The van der Waals surface area contributed by atoms with Gasteiger partial charge in [-0.1, -0.05) is 60.7 Å². The van der Waals surface area contributed by atoms with Crippen molar-refractivity contribution in [3.05, 3.63) is 101 Å². The Labute approximate surface area is 184 Å². The number of hydrogen-bond acceptors (Lipinski definition) is 3. The number of amides is 2. The molecule has 0 spiro atoms. The zero-order valence-electron chi connectivity index (χ0n) is 17.4. The highest BCUT2D eigenvalue weighted by Gasteiger charge is 2.43. The van der Waals surface area contributed by atoms with Crippen molar-refractivity contribution in [2.45, 2.75) is 32.2 Å². The molecule has 32 heavy (non-hydrogen) atoms. The zero-order chi connectivity index (χ0) is 22.7. The summed E-state index contributed by atoms with van der Waals surface area (Å²) in [5.41, 5.74) is 2.68. The molecular formula is C25H22F2N2O3. The normalized spacial score (nSPS) is 16.1. The minimum atomic E-state index is -2.92. The summed E-state index contributed by atoms with van der Waals surface area (Å²) < 4.78 is 29.4. The fourth-order valence-corrected chi connectivity index (χ4v) is 4.01. The van der Waals surface area contributed by atoms with E-state index in [0.29, 0.717) is 16.7 Å². The van der Waals surface area contributed by atoms with E-state index in [1.165, 1.54) is 12.1 Å². The number of carbonyl (C=O) groups excluding carboxylic acids is 2. The molecule has 0 radical (unpaired) electrons. The minimum Gasteiger partial charge on any atom is -0.435 e. The molecular weight excluding hydrogens is 414 g/mol. The highest BCUT2D eigenvalue weighted by atomic mass is 19.3. The molecule has 0 saturated heterocycles. The average Bonchev–Trinajstić information content (AvgIpc) is 3.10. The van der Waals surface area contributed by atoms with Crippen LogP contribution in [0.5, 0.6) is 5.75 Å². The van der Waals surface area contributed by atoms with E-state index in [1.54, 1.807) is 41.3 Å². The molecule has 4 rings (SSSR count). The molecule has 1 heterocycles. The summed E-state index contributed by atoms with van der Waals surface area (Å²) in [6.07, 6.45) is 0. The van der Waals surface area contributed by atoms with Gasteiger partial charge in [-0.3, -0.25) is 9.59 Å². The van der Waals surface area contributed by atoms with Crippen molar-refractivity contribution >= 4 is 11.8 Å². The Hall–Kier alpha value is -3.74. The van der Waals surface area contributed by atoms with Gasteiger partial charge in [-0.15, -0.1) is 0 Å². The number of ether oxygens (including phenoxy) is 1. The summed E-state index contributed by atoms with van der Waals surface area (Å²) >= 11 is 0. The van der Waals surface area contributed by atoms with Crippen LogP contribution >= 0.6 is 0 Å². The Morgan fingerprint density at radius 3 is 2.50 bits per heavy atom. The lowest BCUT2D eigenvalue weighted by Crippen LogP contribution is -2.40. The van der Waals surface area contributed by atoms with E-state index in [2.05, 4.69) is 10.1 Å². The molecule has 0 bridgehead atoms. The van der Waals surface area contributed by atoms with Gasteiger partial charge in [-0.25, -0.2) is 0 Å². The Kier molecular flexibility index (Phi) is 6.16. The lowest BCUT2D eigenvalue weighted by molar-refractivity contribution is -0.126. The number of carbonyl (C=O) groups is 2. The number of nitrogens with zero attached hydrogens (tertiary/aromatic N) is 1. The van der Waals surface area contributed by atoms with Crippen LogP contribution in [0.3, 0.4) is 0 Å². The fourth-order valence-electron chi connectivity index (χ4n) is 4.01. The van der Waals surface area contributed by atoms with Crippen molar-refractivity contribution in [3.8, 4) is 5.75 Å². The maximum absolute atomic E-state index is 13.3. The Morgan fingerprint density at radius 2 is 1.75 bits per heavy atom.